The number of hydrogen-bond donors (Lipinski definition) is 0. The second kappa shape index (κ2) is 7.63. The Bertz CT molecular complexity index is 842. The number of methoxy groups -OCH3 is 1. The molecule has 24 heavy (non-hydrogen) atoms. The van der Waals surface area contributed by atoms with Gasteiger partial charge in [-0.1, -0.05) is 24.8 Å². The summed E-state index contributed by atoms with van der Waals surface area (Å²) in [5.74, 6) is 1.22. The highest BCUT2D eigenvalue weighted by Crippen LogP contribution is 2.24. The fourth-order valence-corrected chi connectivity index (χ4v) is 3.97. The van der Waals surface area contributed by atoms with E-state index in [1.807, 2.05) is 41.0 Å². The molecule has 0 unspecified atom stereocenters. The van der Waals surface area contributed by atoms with E-state index in [-0.39, 0.29) is 5.78 Å². The van der Waals surface area contributed by atoms with Crippen molar-refractivity contribution < 1.29 is 9.53 Å². The van der Waals surface area contributed by atoms with E-state index < -0.39 is 0 Å². The molecule has 0 aliphatic carbocycles. The first kappa shape index (κ1) is 16.7. The maximum atomic E-state index is 12.3. The number of thiophene rings is 1. The van der Waals surface area contributed by atoms with Gasteiger partial charge in [-0.05, 0) is 30.7 Å². The van der Waals surface area contributed by atoms with Crippen molar-refractivity contribution in [3.8, 4) is 11.4 Å². The Morgan fingerprint density at radius 3 is 2.96 bits per heavy atom. The van der Waals surface area contributed by atoms with E-state index in [0.29, 0.717) is 10.9 Å². The molecule has 0 radical (unpaired) electrons. The van der Waals surface area contributed by atoms with Crippen molar-refractivity contribution in [1.82, 2.24) is 14.8 Å². The number of Topliss-reactive ketones (excluding diaryl/α,β-unsaturated/α-hetero) is 1. The zero-order valence-corrected chi connectivity index (χ0v) is 15.1. The third kappa shape index (κ3) is 3.68. The maximum absolute atomic E-state index is 12.3. The van der Waals surface area contributed by atoms with Crippen LogP contribution in [0.25, 0.3) is 5.69 Å². The molecule has 0 fully saturated rings. The van der Waals surface area contributed by atoms with Crippen LogP contribution in [0.3, 0.4) is 0 Å². The number of carbonyl (C=O) groups excluding carboxylic acids is 1. The summed E-state index contributed by atoms with van der Waals surface area (Å²) in [6.07, 6.45) is 2.59. The van der Waals surface area contributed by atoms with Gasteiger partial charge in [0.25, 0.3) is 0 Å². The molecule has 3 rings (SSSR count). The van der Waals surface area contributed by atoms with Gasteiger partial charge in [0.1, 0.15) is 12.1 Å². The molecule has 0 saturated heterocycles. The van der Waals surface area contributed by atoms with Crippen LogP contribution in [0.15, 0.2) is 47.9 Å². The molecule has 3 aromatic rings. The Kier molecular flexibility index (Phi) is 5.32. The number of ether oxygens (including phenoxy) is 1. The van der Waals surface area contributed by atoms with Crippen molar-refractivity contribution in [3.05, 3.63) is 52.5 Å². The maximum Gasteiger partial charge on any atom is 0.196 e. The number of carbonyl (C=O) groups is 1. The minimum Gasteiger partial charge on any atom is -0.497 e. The normalized spacial score (nSPS) is 10.8. The highest BCUT2D eigenvalue weighted by atomic mass is 32.2. The fourth-order valence-electron chi connectivity index (χ4n) is 2.18. The van der Waals surface area contributed by atoms with Crippen LogP contribution in [0.4, 0.5) is 0 Å². The minimum atomic E-state index is 0.116. The molecule has 1 aromatic carbocycles. The van der Waals surface area contributed by atoms with Crippen molar-refractivity contribution in [2.75, 3.05) is 12.9 Å². The lowest BCUT2D eigenvalue weighted by Gasteiger charge is -2.07. The Balaban J connectivity index is 1.72. The van der Waals surface area contributed by atoms with Crippen LogP contribution >= 0.6 is 23.1 Å². The molecule has 0 N–H and O–H groups in total. The average molecular weight is 359 g/mol. The van der Waals surface area contributed by atoms with Gasteiger partial charge >= 0.3 is 0 Å². The molecule has 5 nitrogen and oxygen atoms in total. The Morgan fingerprint density at radius 1 is 1.33 bits per heavy atom. The van der Waals surface area contributed by atoms with Gasteiger partial charge in [-0.3, -0.25) is 9.36 Å². The second-order valence-electron chi connectivity index (χ2n) is 5.02. The van der Waals surface area contributed by atoms with Gasteiger partial charge in [0.05, 0.1) is 23.4 Å². The highest BCUT2D eigenvalue weighted by Gasteiger charge is 2.13. The first-order valence-corrected chi connectivity index (χ1v) is 9.30. The highest BCUT2D eigenvalue weighted by molar-refractivity contribution is 7.99. The summed E-state index contributed by atoms with van der Waals surface area (Å²) < 4.78 is 7.10. The monoisotopic (exact) mass is 359 g/mol. The summed E-state index contributed by atoms with van der Waals surface area (Å²) in [5, 5.41) is 8.77. The summed E-state index contributed by atoms with van der Waals surface area (Å²) in [6, 6.07) is 11.6. The first-order chi connectivity index (χ1) is 11.7. The molecule has 0 saturated carbocycles. The van der Waals surface area contributed by atoms with Gasteiger partial charge in [0, 0.05) is 10.9 Å². The first-order valence-electron chi connectivity index (χ1n) is 7.50. The summed E-state index contributed by atoms with van der Waals surface area (Å²) in [6.45, 7) is 2.09. The van der Waals surface area contributed by atoms with Gasteiger partial charge in [-0.15, -0.1) is 21.5 Å². The van der Waals surface area contributed by atoms with Crippen LogP contribution in [0.2, 0.25) is 0 Å². The van der Waals surface area contributed by atoms with E-state index in [1.54, 1.807) is 24.8 Å². The quantitative estimate of drug-likeness (QED) is 0.473. The Hall–Kier alpha value is -2.12. The van der Waals surface area contributed by atoms with E-state index >= 15 is 0 Å². The lowest BCUT2D eigenvalue weighted by molar-refractivity contribution is 0.102. The van der Waals surface area contributed by atoms with Crippen LogP contribution in [0.5, 0.6) is 5.75 Å². The SMILES string of the molecule is CCc1ccc(C(=O)CSc2nncn2-c2cccc(OC)c2)s1. The predicted molar refractivity (Wildman–Crippen MR) is 96.7 cm³/mol. The topological polar surface area (TPSA) is 57.0 Å². The van der Waals surface area contributed by atoms with Gasteiger partial charge < -0.3 is 4.74 Å². The van der Waals surface area contributed by atoms with Crippen molar-refractivity contribution in [2.45, 2.75) is 18.5 Å². The van der Waals surface area contributed by atoms with E-state index in [9.17, 15) is 4.79 Å². The molecular weight excluding hydrogens is 342 g/mol. The Labute approximate surface area is 148 Å². The van der Waals surface area contributed by atoms with Crippen molar-refractivity contribution in [1.29, 1.82) is 0 Å². The van der Waals surface area contributed by atoms with Crippen molar-refractivity contribution >= 4 is 28.9 Å². The molecule has 124 valence electrons. The number of benzene rings is 1. The van der Waals surface area contributed by atoms with Gasteiger partial charge in [0.15, 0.2) is 10.9 Å². The molecule has 2 heterocycles. The summed E-state index contributed by atoms with van der Waals surface area (Å²) in [7, 11) is 1.63. The number of hydrogen-bond acceptors (Lipinski definition) is 6. The van der Waals surface area contributed by atoms with Crippen LogP contribution in [0.1, 0.15) is 21.5 Å². The molecular formula is C17H17N3O2S2. The van der Waals surface area contributed by atoms with E-state index in [1.165, 1.54) is 16.6 Å². The smallest absolute Gasteiger partial charge is 0.196 e. The summed E-state index contributed by atoms with van der Waals surface area (Å²) in [5.41, 5.74) is 0.902. The van der Waals surface area contributed by atoms with E-state index in [4.69, 9.17) is 4.74 Å². The lowest BCUT2D eigenvalue weighted by Crippen LogP contribution is -2.02. The van der Waals surface area contributed by atoms with Gasteiger partial charge in [0.2, 0.25) is 0 Å². The minimum absolute atomic E-state index is 0.116. The van der Waals surface area contributed by atoms with Crippen LogP contribution in [0, 0.1) is 0 Å². The zero-order chi connectivity index (χ0) is 16.9. The lowest BCUT2D eigenvalue weighted by atomic mass is 10.3. The van der Waals surface area contributed by atoms with Crippen molar-refractivity contribution in [2.24, 2.45) is 0 Å². The number of rotatable bonds is 7. The summed E-state index contributed by atoms with van der Waals surface area (Å²) in [4.78, 5) is 14.4. The van der Waals surface area contributed by atoms with Crippen molar-refractivity contribution in [3.63, 3.8) is 0 Å². The van der Waals surface area contributed by atoms with E-state index in [0.717, 1.165) is 22.7 Å². The van der Waals surface area contributed by atoms with Crippen LogP contribution < -0.4 is 4.74 Å². The van der Waals surface area contributed by atoms with Gasteiger partial charge in [-0.25, -0.2) is 0 Å². The largest absolute Gasteiger partial charge is 0.497 e. The number of thioether (sulfide) groups is 1. The molecule has 7 heteroatoms. The molecule has 2 aromatic heterocycles. The molecule has 0 aliphatic rings. The molecule has 0 atom stereocenters. The third-order valence-electron chi connectivity index (χ3n) is 3.47. The zero-order valence-electron chi connectivity index (χ0n) is 13.4. The number of ketones is 1. The Morgan fingerprint density at radius 2 is 2.21 bits per heavy atom. The molecule has 0 amide bonds. The average Bonchev–Trinajstić information content (AvgIpc) is 3.28. The number of aryl methyl sites for hydroxylation is 1. The van der Waals surface area contributed by atoms with Gasteiger partial charge in [-0.2, -0.15) is 0 Å². The summed E-state index contributed by atoms with van der Waals surface area (Å²) >= 11 is 2.95. The van der Waals surface area contributed by atoms with Crippen LogP contribution in [-0.2, 0) is 6.42 Å². The second-order valence-corrected chi connectivity index (χ2v) is 7.13. The predicted octanol–water partition coefficient (Wildman–Crippen LogP) is 3.87. The standard InChI is InChI=1S/C17H17N3O2S2/c1-3-14-7-8-16(24-14)15(21)10-23-17-19-18-11-20(17)12-5-4-6-13(9-12)22-2/h4-9,11H,3,10H2,1-2H3. The van der Waals surface area contributed by atoms with Crippen LogP contribution in [-0.4, -0.2) is 33.4 Å². The molecule has 0 bridgehead atoms. The molecule has 0 aliphatic heterocycles. The van der Waals surface area contributed by atoms with E-state index in [2.05, 4.69) is 17.1 Å². The number of nitrogens with zero attached hydrogens (tertiary/aromatic N) is 3. The third-order valence-corrected chi connectivity index (χ3v) is 5.68. The number of aromatic nitrogens is 3. The fraction of sp³-hybridized carbons (Fsp3) is 0.235. The molecule has 0 spiro atoms.